The molecule has 1 saturated carbocycles. The van der Waals surface area contributed by atoms with E-state index < -0.39 is 17.6 Å². The second-order valence-corrected chi connectivity index (χ2v) is 5.56. The summed E-state index contributed by atoms with van der Waals surface area (Å²) in [5, 5.41) is 5.15. The molecule has 0 atom stereocenters. The molecule has 5 heteroatoms. The van der Waals surface area contributed by atoms with Crippen molar-refractivity contribution in [2.24, 2.45) is 5.92 Å². The molecular formula is C16H21FN2O2. The van der Waals surface area contributed by atoms with Crippen LogP contribution in [-0.4, -0.2) is 17.9 Å². The number of carbonyl (C=O) groups is 2. The highest BCUT2D eigenvalue weighted by atomic mass is 19.1. The van der Waals surface area contributed by atoms with Gasteiger partial charge in [0.25, 0.3) is 0 Å². The van der Waals surface area contributed by atoms with Gasteiger partial charge in [-0.2, -0.15) is 0 Å². The van der Waals surface area contributed by atoms with Crippen LogP contribution in [0.25, 0.3) is 0 Å². The molecule has 0 radical (unpaired) electrons. The number of benzene rings is 1. The topological polar surface area (TPSA) is 58.2 Å². The molecule has 114 valence electrons. The molecule has 21 heavy (non-hydrogen) atoms. The second kappa shape index (κ2) is 7.20. The fourth-order valence-electron chi connectivity index (χ4n) is 2.72. The number of rotatable bonds is 3. The van der Waals surface area contributed by atoms with Crippen molar-refractivity contribution in [3.05, 3.63) is 30.1 Å². The van der Waals surface area contributed by atoms with Crippen LogP contribution in [0.4, 0.5) is 10.1 Å². The van der Waals surface area contributed by atoms with Crippen LogP contribution in [0.2, 0.25) is 0 Å². The van der Waals surface area contributed by atoms with Gasteiger partial charge in [0.2, 0.25) is 0 Å². The van der Waals surface area contributed by atoms with Crippen molar-refractivity contribution in [2.75, 3.05) is 5.32 Å². The number of amides is 2. The van der Waals surface area contributed by atoms with E-state index in [0.29, 0.717) is 0 Å². The van der Waals surface area contributed by atoms with E-state index in [4.69, 9.17) is 0 Å². The average Bonchev–Trinajstić information content (AvgIpc) is 2.48. The third-order valence-corrected chi connectivity index (χ3v) is 4.05. The van der Waals surface area contributed by atoms with Crippen LogP contribution in [0.1, 0.15) is 39.0 Å². The zero-order valence-corrected chi connectivity index (χ0v) is 12.2. The quantitative estimate of drug-likeness (QED) is 0.842. The lowest BCUT2D eigenvalue weighted by Crippen LogP contribution is -2.43. The molecule has 2 amide bonds. The molecule has 0 bridgehead atoms. The summed E-state index contributed by atoms with van der Waals surface area (Å²) in [7, 11) is 0. The highest BCUT2D eigenvalue weighted by molar-refractivity contribution is 6.39. The Morgan fingerprint density at radius 3 is 2.52 bits per heavy atom. The van der Waals surface area contributed by atoms with Crippen LogP contribution in [0, 0.1) is 11.7 Å². The molecule has 0 saturated heterocycles. The molecular weight excluding hydrogens is 271 g/mol. The lowest BCUT2D eigenvalue weighted by atomic mass is 9.84. The third kappa shape index (κ3) is 4.55. The SMILES string of the molecule is CCC1CCC(NC(=O)C(=O)Nc2cccc(F)c2)CC1. The maximum Gasteiger partial charge on any atom is 0.313 e. The summed E-state index contributed by atoms with van der Waals surface area (Å²) in [6.45, 7) is 2.18. The fraction of sp³-hybridized carbons (Fsp3) is 0.500. The number of hydrogen-bond acceptors (Lipinski definition) is 2. The van der Waals surface area contributed by atoms with Crippen molar-refractivity contribution in [2.45, 2.75) is 45.1 Å². The van der Waals surface area contributed by atoms with E-state index in [2.05, 4.69) is 17.6 Å². The standard InChI is InChI=1S/C16H21FN2O2/c1-2-11-6-8-13(9-7-11)18-15(20)16(21)19-14-5-3-4-12(17)10-14/h3-5,10-11,13H,2,6-9H2,1H3,(H,18,20)(H,19,21). The summed E-state index contributed by atoms with van der Waals surface area (Å²) in [6.07, 6.45) is 5.18. The van der Waals surface area contributed by atoms with Gasteiger partial charge in [0, 0.05) is 11.7 Å². The van der Waals surface area contributed by atoms with E-state index in [1.807, 2.05) is 0 Å². The smallest absolute Gasteiger partial charge is 0.313 e. The molecule has 1 fully saturated rings. The number of nitrogens with one attached hydrogen (secondary N) is 2. The summed E-state index contributed by atoms with van der Waals surface area (Å²) in [5.41, 5.74) is 0.282. The maximum absolute atomic E-state index is 13.0. The average molecular weight is 292 g/mol. The Bertz CT molecular complexity index is 511. The Balaban J connectivity index is 1.82. The monoisotopic (exact) mass is 292 g/mol. The Morgan fingerprint density at radius 2 is 1.90 bits per heavy atom. The number of carbonyl (C=O) groups excluding carboxylic acids is 2. The minimum Gasteiger partial charge on any atom is -0.345 e. The number of hydrogen-bond donors (Lipinski definition) is 2. The maximum atomic E-state index is 13.0. The van der Waals surface area contributed by atoms with Crippen LogP contribution >= 0.6 is 0 Å². The predicted molar refractivity (Wildman–Crippen MR) is 79.2 cm³/mol. The lowest BCUT2D eigenvalue weighted by Gasteiger charge is -2.28. The first kappa shape index (κ1) is 15.5. The summed E-state index contributed by atoms with van der Waals surface area (Å²) in [6, 6.07) is 5.55. The van der Waals surface area contributed by atoms with Crippen LogP contribution in [0.3, 0.4) is 0 Å². The minimum absolute atomic E-state index is 0.0681. The Labute approximate surface area is 124 Å². The molecule has 2 rings (SSSR count). The predicted octanol–water partition coefficient (Wildman–Crippen LogP) is 2.85. The summed E-state index contributed by atoms with van der Waals surface area (Å²) < 4.78 is 13.0. The molecule has 0 aromatic heterocycles. The molecule has 0 aliphatic heterocycles. The molecule has 2 N–H and O–H groups in total. The molecule has 0 heterocycles. The van der Waals surface area contributed by atoms with Gasteiger partial charge in [-0.3, -0.25) is 9.59 Å². The van der Waals surface area contributed by atoms with Gasteiger partial charge in [0.05, 0.1) is 0 Å². The molecule has 0 unspecified atom stereocenters. The van der Waals surface area contributed by atoms with E-state index in [9.17, 15) is 14.0 Å². The van der Waals surface area contributed by atoms with E-state index in [1.54, 1.807) is 6.07 Å². The summed E-state index contributed by atoms with van der Waals surface area (Å²) in [5.74, 6) is -1.12. The van der Waals surface area contributed by atoms with Gasteiger partial charge in [-0.1, -0.05) is 19.4 Å². The molecule has 1 aliphatic carbocycles. The largest absolute Gasteiger partial charge is 0.345 e. The minimum atomic E-state index is -0.752. The van der Waals surface area contributed by atoms with Crippen molar-refractivity contribution in [3.63, 3.8) is 0 Å². The fourth-order valence-corrected chi connectivity index (χ4v) is 2.72. The Morgan fingerprint density at radius 1 is 1.19 bits per heavy atom. The normalized spacial score (nSPS) is 21.6. The van der Waals surface area contributed by atoms with Gasteiger partial charge in [-0.15, -0.1) is 0 Å². The van der Waals surface area contributed by atoms with Gasteiger partial charge >= 0.3 is 11.8 Å². The van der Waals surface area contributed by atoms with Gasteiger partial charge in [-0.05, 0) is 49.8 Å². The third-order valence-electron chi connectivity index (χ3n) is 4.05. The van der Waals surface area contributed by atoms with E-state index >= 15 is 0 Å². The lowest BCUT2D eigenvalue weighted by molar-refractivity contribution is -0.136. The first-order chi connectivity index (χ1) is 10.1. The van der Waals surface area contributed by atoms with Crippen LogP contribution in [-0.2, 0) is 9.59 Å². The Kier molecular flexibility index (Phi) is 5.31. The van der Waals surface area contributed by atoms with E-state index in [0.717, 1.165) is 31.6 Å². The number of halogens is 1. The first-order valence-corrected chi connectivity index (χ1v) is 7.46. The first-order valence-electron chi connectivity index (χ1n) is 7.46. The van der Waals surface area contributed by atoms with Crippen molar-refractivity contribution < 1.29 is 14.0 Å². The number of anilines is 1. The zero-order valence-electron chi connectivity index (χ0n) is 12.2. The summed E-state index contributed by atoms with van der Waals surface area (Å²) in [4.78, 5) is 23.6. The van der Waals surface area contributed by atoms with Gasteiger partial charge in [0.1, 0.15) is 5.82 Å². The highest BCUT2D eigenvalue weighted by Gasteiger charge is 2.23. The highest BCUT2D eigenvalue weighted by Crippen LogP contribution is 2.26. The second-order valence-electron chi connectivity index (χ2n) is 5.56. The van der Waals surface area contributed by atoms with Crippen molar-refractivity contribution in [3.8, 4) is 0 Å². The Hall–Kier alpha value is -1.91. The zero-order chi connectivity index (χ0) is 15.2. The van der Waals surface area contributed by atoms with E-state index in [1.165, 1.54) is 24.6 Å². The van der Waals surface area contributed by atoms with Gasteiger partial charge in [-0.25, -0.2) is 4.39 Å². The van der Waals surface area contributed by atoms with Crippen LogP contribution in [0.15, 0.2) is 24.3 Å². The molecule has 1 aromatic rings. The van der Waals surface area contributed by atoms with Crippen molar-refractivity contribution in [1.82, 2.24) is 5.32 Å². The van der Waals surface area contributed by atoms with Gasteiger partial charge in [0.15, 0.2) is 0 Å². The van der Waals surface area contributed by atoms with Crippen LogP contribution < -0.4 is 10.6 Å². The van der Waals surface area contributed by atoms with E-state index in [-0.39, 0.29) is 11.7 Å². The molecule has 4 nitrogen and oxygen atoms in total. The molecule has 0 spiro atoms. The summed E-state index contributed by atoms with van der Waals surface area (Å²) >= 11 is 0. The van der Waals surface area contributed by atoms with Crippen molar-refractivity contribution >= 4 is 17.5 Å². The molecule has 1 aliphatic rings. The van der Waals surface area contributed by atoms with Crippen LogP contribution in [0.5, 0.6) is 0 Å². The van der Waals surface area contributed by atoms with Crippen molar-refractivity contribution in [1.29, 1.82) is 0 Å². The van der Waals surface area contributed by atoms with Gasteiger partial charge < -0.3 is 10.6 Å². The molecule has 1 aromatic carbocycles.